The van der Waals surface area contributed by atoms with Crippen LogP contribution in [0.2, 0.25) is 0 Å². The van der Waals surface area contributed by atoms with Gasteiger partial charge in [0.1, 0.15) is 6.54 Å². The number of aromatic nitrogens is 1. The van der Waals surface area contributed by atoms with E-state index in [9.17, 15) is 30.0 Å². The van der Waals surface area contributed by atoms with Crippen molar-refractivity contribution in [3.8, 4) is 0 Å². The van der Waals surface area contributed by atoms with Gasteiger partial charge in [-0.3, -0.25) is 14.6 Å². The van der Waals surface area contributed by atoms with Gasteiger partial charge in [-0.2, -0.15) is 4.57 Å². The first-order valence-electron chi connectivity index (χ1n) is 18.5. The summed E-state index contributed by atoms with van der Waals surface area (Å²) in [6.07, 6.45) is 16.7. The predicted molar refractivity (Wildman–Crippen MR) is 233 cm³/mol. The maximum atomic E-state index is 12.4. The van der Waals surface area contributed by atoms with E-state index in [4.69, 9.17) is 0 Å². The van der Waals surface area contributed by atoms with E-state index >= 15 is 0 Å². The van der Waals surface area contributed by atoms with Gasteiger partial charge in [0.15, 0.2) is 12.4 Å². The molecule has 1 aromatic heterocycles. The Hall–Kier alpha value is -4.70. The number of carbonyl (C=O) groups is 2. The highest BCUT2D eigenvalue weighted by Crippen LogP contribution is 2.20. The SMILES string of the molecule is C=CC(/C=C/c1ccc(N(CCO)CCO)cc1)=C\C=NCC(=O)NCCSSCCNC(=O)C[n+]1ccc(/C=C/c2ccc(N(CCO)CCO)cc2)cc1. The summed E-state index contributed by atoms with van der Waals surface area (Å²) in [4.78, 5) is 32.6. The Balaban J connectivity index is 1.25. The molecule has 14 heteroatoms. The summed E-state index contributed by atoms with van der Waals surface area (Å²) in [6.45, 7) is 7.09. The van der Waals surface area contributed by atoms with Crippen molar-refractivity contribution in [2.24, 2.45) is 4.99 Å². The topological polar surface area (TPSA) is 162 Å². The summed E-state index contributed by atoms with van der Waals surface area (Å²) in [7, 11) is 3.28. The van der Waals surface area contributed by atoms with Gasteiger partial charge in [0.05, 0.1) is 26.4 Å². The highest BCUT2D eigenvalue weighted by molar-refractivity contribution is 8.76. The second kappa shape index (κ2) is 27.8. The molecule has 0 saturated carbocycles. The fourth-order valence-corrected chi connectivity index (χ4v) is 7.02. The van der Waals surface area contributed by atoms with Gasteiger partial charge in [0, 0.05) is 80.5 Å². The third-order valence-corrected chi connectivity index (χ3v) is 10.5. The lowest BCUT2D eigenvalue weighted by Gasteiger charge is -2.22. The molecule has 0 atom stereocenters. The van der Waals surface area contributed by atoms with E-state index in [0.717, 1.165) is 45.1 Å². The molecule has 6 N–H and O–H groups in total. The molecule has 3 rings (SSSR count). The van der Waals surface area contributed by atoms with Crippen LogP contribution in [0.1, 0.15) is 16.7 Å². The molecule has 0 spiro atoms. The van der Waals surface area contributed by atoms with Crippen LogP contribution < -0.4 is 25.0 Å². The fourth-order valence-electron chi connectivity index (χ4n) is 5.21. The summed E-state index contributed by atoms with van der Waals surface area (Å²) in [5.74, 6) is 1.26. The van der Waals surface area contributed by atoms with E-state index in [1.807, 2.05) is 112 Å². The lowest BCUT2D eigenvalue weighted by Crippen LogP contribution is -2.42. The van der Waals surface area contributed by atoms with Gasteiger partial charge >= 0.3 is 0 Å². The number of benzene rings is 2. The maximum absolute atomic E-state index is 12.4. The number of hydrogen-bond acceptors (Lipinski definition) is 11. The van der Waals surface area contributed by atoms with Crippen LogP contribution in [-0.2, 0) is 16.1 Å². The van der Waals surface area contributed by atoms with Gasteiger partial charge in [-0.1, -0.05) is 82.8 Å². The second-order valence-electron chi connectivity index (χ2n) is 12.2. The Morgan fingerprint density at radius 3 is 1.62 bits per heavy atom. The molecule has 0 aliphatic rings. The van der Waals surface area contributed by atoms with Crippen LogP contribution in [0.3, 0.4) is 0 Å². The number of carbonyl (C=O) groups excluding carboxylic acids is 2. The summed E-state index contributed by atoms with van der Waals surface area (Å²) >= 11 is 0. The van der Waals surface area contributed by atoms with Crippen LogP contribution in [0, 0.1) is 0 Å². The normalized spacial score (nSPS) is 11.8. The number of aliphatic hydroxyl groups excluding tert-OH is 4. The number of rotatable bonds is 27. The molecule has 3 aromatic rings. The van der Waals surface area contributed by atoms with Crippen LogP contribution in [0.25, 0.3) is 18.2 Å². The van der Waals surface area contributed by atoms with Crippen LogP contribution in [0.15, 0.2) is 108 Å². The summed E-state index contributed by atoms with van der Waals surface area (Å²) in [6, 6.07) is 19.7. The van der Waals surface area contributed by atoms with Crippen molar-refractivity contribution < 1.29 is 34.6 Å². The van der Waals surface area contributed by atoms with Gasteiger partial charge in [0.25, 0.3) is 5.91 Å². The fraction of sp³-hybridized carbons (Fsp3) is 0.333. The molecule has 0 fully saturated rings. The largest absolute Gasteiger partial charge is 0.395 e. The van der Waals surface area contributed by atoms with Crippen LogP contribution in [-0.4, -0.2) is 122 Å². The molecule has 56 heavy (non-hydrogen) atoms. The molecule has 1 heterocycles. The number of pyridine rings is 1. The molecule has 0 aliphatic heterocycles. The van der Waals surface area contributed by atoms with E-state index in [2.05, 4.69) is 22.2 Å². The maximum Gasteiger partial charge on any atom is 0.286 e. The Morgan fingerprint density at radius 1 is 0.679 bits per heavy atom. The lowest BCUT2D eigenvalue weighted by molar-refractivity contribution is -0.684. The van der Waals surface area contributed by atoms with Crippen molar-refractivity contribution in [1.29, 1.82) is 0 Å². The van der Waals surface area contributed by atoms with E-state index in [1.165, 1.54) is 0 Å². The van der Waals surface area contributed by atoms with Gasteiger partial charge < -0.3 is 40.9 Å². The van der Waals surface area contributed by atoms with E-state index in [1.54, 1.807) is 40.0 Å². The third kappa shape index (κ3) is 18.3. The number of aliphatic hydroxyl groups is 4. The standard InChI is InChI=1S/C42H54N6O6S2/c1-2-35(3-4-36-7-11-39(12-8-36)47(23-27-49)24-28-50)15-18-43-33-41(53)44-19-31-55-56-32-20-45-42(54)34-46-21-16-38(17-22-46)6-5-37-9-13-40(14-10-37)48(25-29-51)26-30-52/h2-18,21-22,49-52H,1,19-20,23-34H2,(H-,44,45,53,54)/p+1/b4-3+,35-15+,43-18?. The number of nitrogens with zero attached hydrogens (tertiary/aromatic N) is 4. The Labute approximate surface area is 338 Å². The van der Waals surface area contributed by atoms with Crippen LogP contribution in [0.4, 0.5) is 11.4 Å². The molecule has 300 valence electrons. The molecule has 0 bridgehead atoms. The van der Waals surface area contributed by atoms with Crippen LogP contribution in [0.5, 0.6) is 0 Å². The minimum absolute atomic E-state index is 0.0143. The number of aliphatic imine (C=N–C) groups is 1. The monoisotopic (exact) mass is 803 g/mol. The zero-order chi connectivity index (χ0) is 40.2. The molecular weight excluding hydrogens is 749 g/mol. The number of allylic oxidation sites excluding steroid dienone is 4. The van der Waals surface area contributed by atoms with Crippen molar-refractivity contribution in [3.63, 3.8) is 0 Å². The average Bonchev–Trinajstić information content (AvgIpc) is 3.21. The van der Waals surface area contributed by atoms with E-state index < -0.39 is 0 Å². The Morgan fingerprint density at radius 2 is 1.14 bits per heavy atom. The Kier molecular flexibility index (Phi) is 22.7. The zero-order valence-electron chi connectivity index (χ0n) is 31.8. The summed E-state index contributed by atoms with van der Waals surface area (Å²) in [5.41, 5.74) is 5.74. The first-order chi connectivity index (χ1) is 27.4. The quantitative estimate of drug-likeness (QED) is 0.0222. The molecule has 0 unspecified atom stereocenters. The van der Waals surface area contributed by atoms with Gasteiger partial charge in [-0.25, -0.2) is 0 Å². The lowest BCUT2D eigenvalue weighted by atomic mass is 10.1. The highest BCUT2D eigenvalue weighted by Gasteiger charge is 2.09. The van der Waals surface area contributed by atoms with Crippen molar-refractivity contribution in [1.82, 2.24) is 10.6 Å². The minimum Gasteiger partial charge on any atom is -0.395 e. The second-order valence-corrected chi connectivity index (χ2v) is 14.9. The van der Waals surface area contributed by atoms with Gasteiger partial charge in [-0.05, 0) is 52.6 Å². The van der Waals surface area contributed by atoms with Crippen LogP contribution >= 0.6 is 21.6 Å². The van der Waals surface area contributed by atoms with E-state index in [0.29, 0.717) is 39.3 Å². The molecule has 0 saturated heterocycles. The molecule has 2 amide bonds. The Bertz CT molecular complexity index is 1700. The van der Waals surface area contributed by atoms with Crippen molar-refractivity contribution in [2.45, 2.75) is 6.54 Å². The molecular formula is C42H55N6O6S2+. The van der Waals surface area contributed by atoms with Crippen molar-refractivity contribution >= 4 is 69.2 Å². The first-order valence-corrected chi connectivity index (χ1v) is 21.0. The summed E-state index contributed by atoms with van der Waals surface area (Å²) < 4.78 is 1.83. The van der Waals surface area contributed by atoms with E-state index in [-0.39, 0.29) is 51.3 Å². The smallest absolute Gasteiger partial charge is 0.286 e. The number of anilines is 2. The predicted octanol–water partition coefficient (Wildman–Crippen LogP) is 3.24. The van der Waals surface area contributed by atoms with Gasteiger partial charge in [-0.15, -0.1) is 0 Å². The summed E-state index contributed by atoms with van der Waals surface area (Å²) in [5, 5.41) is 42.8. The highest BCUT2D eigenvalue weighted by atomic mass is 33.1. The molecule has 0 aliphatic carbocycles. The molecule has 2 aromatic carbocycles. The number of amides is 2. The number of hydrogen-bond donors (Lipinski definition) is 6. The number of nitrogens with one attached hydrogen (secondary N) is 2. The van der Waals surface area contributed by atoms with Gasteiger partial charge in [0.2, 0.25) is 12.5 Å². The minimum atomic E-state index is -0.158. The zero-order valence-corrected chi connectivity index (χ0v) is 33.4. The third-order valence-electron chi connectivity index (χ3n) is 8.12. The first kappa shape index (κ1) is 45.7. The molecule has 0 radical (unpaired) electrons. The van der Waals surface area contributed by atoms with Crippen molar-refractivity contribution in [2.75, 3.05) is 93.5 Å². The van der Waals surface area contributed by atoms with Crippen molar-refractivity contribution in [3.05, 3.63) is 120 Å². The average molecular weight is 804 g/mol. The molecule has 12 nitrogen and oxygen atoms in total.